The summed E-state index contributed by atoms with van der Waals surface area (Å²) in [4.78, 5) is 0. The van der Waals surface area contributed by atoms with Crippen LogP contribution < -0.4 is 14.8 Å². The molecule has 0 amide bonds. The minimum atomic E-state index is -4.19. The second-order valence-corrected chi connectivity index (χ2v) is 4.50. The maximum absolute atomic E-state index is 13.0. The Morgan fingerprint density at radius 3 is 2.38 bits per heavy atom. The second-order valence-electron chi connectivity index (χ2n) is 4.50. The fourth-order valence-corrected chi connectivity index (χ4v) is 1.90. The molecule has 0 saturated heterocycles. The fourth-order valence-electron chi connectivity index (χ4n) is 1.90. The lowest BCUT2D eigenvalue weighted by Gasteiger charge is -2.22. The molecule has 0 fully saturated rings. The third-order valence-electron chi connectivity index (χ3n) is 2.93. The van der Waals surface area contributed by atoms with Crippen molar-refractivity contribution >= 4 is 0 Å². The number of alkyl halides is 4. The molecule has 0 aliphatic carbocycles. The van der Waals surface area contributed by atoms with Gasteiger partial charge in [0.2, 0.25) is 0 Å². The van der Waals surface area contributed by atoms with Crippen LogP contribution in [-0.2, 0) is 0 Å². The van der Waals surface area contributed by atoms with Crippen LogP contribution in [0.4, 0.5) is 17.6 Å². The van der Waals surface area contributed by atoms with Crippen LogP contribution in [0.2, 0.25) is 0 Å². The van der Waals surface area contributed by atoms with Gasteiger partial charge in [-0.2, -0.15) is 8.78 Å². The summed E-state index contributed by atoms with van der Waals surface area (Å²) in [5.41, 5.74) is 0.520. The lowest BCUT2D eigenvalue weighted by atomic mass is 10.1. The zero-order chi connectivity index (χ0) is 16.0. The first-order valence-corrected chi connectivity index (χ1v) is 6.52. The van der Waals surface area contributed by atoms with Crippen molar-refractivity contribution < 1.29 is 27.0 Å². The zero-order valence-corrected chi connectivity index (χ0v) is 12.1. The van der Waals surface area contributed by atoms with Crippen molar-refractivity contribution in [3.05, 3.63) is 23.8 Å². The average Bonchev–Trinajstić information content (AvgIpc) is 2.44. The van der Waals surface area contributed by atoms with Crippen molar-refractivity contribution in [1.82, 2.24) is 5.32 Å². The van der Waals surface area contributed by atoms with Gasteiger partial charge in [0.1, 0.15) is 11.5 Å². The van der Waals surface area contributed by atoms with Crippen molar-refractivity contribution in [3.8, 4) is 11.5 Å². The summed E-state index contributed by atoms with van der Waals surface area (Å²) in [5, 5.41) is 3.10. The molecular weight excluding hydrogens is 290 g/mol. The summed E-state index contributed by atoms with van der Waals surface area (Å²) < 4.78 is 60.4. The summed E-state index contributed by atoms with van der Waals surface area (Å²) >= 11 is 0. The van der Waals surface area contributed by atoms with E-state index in [9.17, 15) is 17.6 Å². The van der Waals surface area contributed by atoms with E-state index in [1.165, 1.54) is 13.2 Å². The smallest absolute Gasteiger partial charge is 0.340 e. The molecule has 3 nitrogen and oxygen atoms in total. The summed E-state index contributed by atoms with van der Waals surface area (Å²) in [6.07, 6.45) is -3.77. The first-order chi connectivity index (χ1) is 9.83. The van der Waals surface area contributed by atoms with E-state index in [4.69, 9.17) is 9.47 Å². The van der Waals surface area contributed by atoms with E-state index in [-0.39, 0.29) is 11.8 Å². The number of hydrogen-bond acceptors (Lipinski definition) is 3. The summed E-state index contributed by atoms with van der Waals surface area (Å²) in [6, 6.07) is 4.42. The number of methoxy groups -OCH3 is 1. The Morgan fingerprint density at radius 2 is 1.86 bits per heavy atom. The van der Waals surface area contributed by atoms with Gasteiger partial charge in [-0.1, -0.05) is 13.0 Å². The quantitative estimate of drug-likeness (QED) is 0.744. The van der Waals surface area contributed by atoms with Crippen LogP contribution in [-0.4, -0.2) is 32.6 Å². The highest BCUT2D eigenvalue weighted by Gasteiger charge is 2.42. The van der Waals surface area contributed by atoms with Crippen molar-refractivity contribution in [3.63, 3.8) is 0 Å². The van der Waals surface area contributed by atoms with Crippen molar-refractivity contribution in [2.24, 2.45) is 0 Å². The monoisotopic (exact) mass is 309 g/mol. The van der Waals surface area contributed by atoms with E-state index in [2.05, 4.69) is 5.32 Å². The Morgan fingerprint density at radius 1 is 1.24 bits per heavy atom. The highest BCUT2D eigenvalue weighted by molar-refractivity contribution is 5.46. The van der Waals surface area contributed by atoms with Crippen LogP contribution in [0.3, 0.4) is 0 Å². The highest BCUT2D eigenvalue weighted by Crippen LogP contribution is 2.35. The first kappa shape index (κ1) is 17.6. The molecule has 7 heteroatoms. The summed E-state index contributed by atoms with van der Waals surface area (Å²) in [5.74, 6) is -3.65. The number of benzene rings is 1. The highest BCUT2D eigenvalue weighted by atomic mass is 19.3. The molecular formula is C14H19F4NO2. The van der Waals surface area contributed by atoms with Gasteiger partial charge in [0.25, 0.3) is 0 Å². The van der Waals surface area contributed by atoms with E-state index in [1.54, 1.807) is 19.1 Å². The SMILES string of the molecule is CCNC(C)c1c(OC)cccc1OCC(F)(F)C(F)F. The van der Waals surface area contributed by atoms with E-state index in [0.717, 1.165) is 0 Å². The lowest BCUT2D eigenvalue weighted by molar-refractivity contribution is -0.148. The van der Waals surface area contributed by atoms with Gasteiger partial charge in [0, 0.05) is 6.04 Å². The molecule has 1 atom stereocenters. The van der Waals surface area contributed by atoms with Gasteiger partial charge in [-0.25, -0.2) is 8.78 Å². The third-order valence-corrected chi connectivity index (χ3v) is 2.93. The molecule has 0 aromatic heterocycles. The molecule has 21 heavy (non-hydrogen) atoms. The van der Waals surface area contributed by atoms with Crippen LogP contribution in [0.1, 0.15) is 25.5 Å². The van der Waals surface area contributed by atoms with E-state index < -0.39 is 19.0 Å². The van der Waals surface area contributed by atoms with Gasteiger partial charge < -0.3 is 14.8 Å². The van der Waals surface area contributed by atoms with Gasteiger partial charge in [-0.3, -0.25) is 0 Å². The predicted molar refractivity (Wildman–Crippen MR) is 71.5 cm³/mol. The molecule has 0 aliphatic rings. The van der Waals surface area contributed by atoms with Crippen LogP contribution in [0.25, 0.3) is 0 Å². The van der Waals surface area contributed by atoms with Gasteiger partial charge in [-0.05, 0) is 25.6 Å². The summed E-state index contributed by atoms with van der Waals surface area (Å²) in [7, 11) is 1.44. The van der Waals surface area contributed by atoms with Crippen LogP contribution >= 0.6 is 0 Å². The number of ether oxygens (including phenoxy) is 2. The number of rotatable bonds is 8. The maximum Gasteiger partial charge on any atom is 0.340 e. The molecule has 1 N–H and O–H groups in total. The predicted octanol–water partition coefficient (Wildman–Crippen LogP) is 3.64. The Hall–Kier alpha value is -1.50. The zero-order valence-electron chi connectivity index (χ0n) is 12.1. The molecule has 0 aliphatic heterocycles. The number of nitrogens with one attached hydrogen (secondary N) is 1. The fraction of sp³-hybridized carbons (Fsp3) is 0.571. The molecule has 0 bridgehead atoms. The normalized spacial score (nSPS) is 13.3. The maximum atomic E-state index is 13.0. The molecule has 0 saturated carbocycles. The van der Waals surface area contributed by atoms with Gasteiger partial charge in [-0.15, -0.1) is 0 Å². The minimum absolute atomic E-state index is 0.100. The second kappa shape index (κ2) is 7.49. The average molecular weight is 309 g/mol. The molecule has 0 radical (unpaired) electrons. The van der Waals surface area contributed by atoms with E-state index in [1.807, 2.05) is 6.92 Å². The Bertz CT molecular complexity index is 455. The molecule has 0 heterocycles. The van der Waals surface area contributed by atoms with Crippen LogP contribution in [0.5, 0.6) is 11.5 Å². The van der Waals surface area contributed by atoms with Crippen LogP contribution in [0.15, 0.2) is 18.2 Å². The molecule has 120 valence electrons. The molecule has 1 unspecified atom stereocenters. The van der Waals surface area contributed by atoms with Crippen molar-refractivity contribution in [2.45, 2.75) is 32.2 Å². The third kappa shape index (κ3) is 4.49. The van der Waals surface area contributed by atoms with Crippen molar-refractivity contribution in [1.29, 1.82) is 0 Å². The number of hydrogen-bond donors (Lipinski definition) is 1. The largest absolute Gasteiger partial charge is 0.496 e. The standard InChI is InChI=1S/C14H19F4NO2/c1-4-19-9(2)12-10(20-3)6-5-7-11(12)21-8-14(17,18)13(15)16/h5-7,9,13,19H,4,8H2,1-3H3. The summed E-state index contributed by atoms with van der Waals surface area (Å²) in [6.45, 7) is 2.95. The Kier molecular flexibility index (Phi) is 6.26. The molecule has 0 spiro atoms. The minimum Gasteiger partial charge on any atom is -0.496 e. The Labute approximate surface area is 121 Å². The van der Waals surface area contributed by atoms with Gasteiger partial charge >= 0.3 is 12.3 Å². The first-order valence-electron chi connectivity index (χ1n) is 6.52. The van der Waals surface area contributed by atoms with Gasteiger partial charge in [0.15, 0.2) is 6.61 Å². The van der Waals surface area contributed by atoms with E-state index >= 15 is 0 Å². The van der Waals surface area contributed by atoms with Gasteiger partial charge in [0.05, 0.1) is 12.7 Å². The topological polar surface area (TPSA) is 30.5 Å². The molecule has 1 aromatic rings. The van der Waals surface area contributed by atoms with E-state index in [0.29, 0.717) is 17.9 Å². The van der Waals surface area contributed by atoms with Crippen molar-refractivity contribution in [2.75, 3.05) is 20.3 Å². The Balaban J connectivity index is 3.01. The van der Waals surface area contributed by atoms with Crippen LogP contribution in [0, 0.1) is 0 Å². The number of halogens is 4. The molecule has 1 aromatic carbocycles. The molecule has 1 rings (SSSR count). The lowest BCUT2D eigenvalue weighted by Crippen LogP contribution is -2.34.